The zero-order valence-electron chi connectivity index (χ0n) is 18.7. The third-order valence-electron chi connectivity index (χ3n) is 6.00. The van der Waals surface area contributed by atoms with Crippen LogP contribution in [0.5, 0.6) is 5.75 Å². The maximum Gasteiger partial charge on any atom is 0.245 e. The van der Waals surface area contributed by atoms with Gasteiger partial charge in [-0.05, 0) is 46.5 Å². The summed E-state index contributed by atoms with van der Waals surface area (Å²) in [4.78, 5) is 33.4. The summed E-state index contributed by atoms with van der Waals surface area (Å²) in [5.74, 6) is -0.662. The Labute approximate surface area is 192 Å². The van der Waals surface area contributed by atoms with E-state index in [1.165, 1.54) is 19.2 Å². The Balaban J connectivity index is 1.51. The van der Waals surface area contributed by atoms with Gasteiger partial charge in [0, 0.05) is 39.0 Å². The Bertz CT molecular complexity index is 1140. The van der Waals surface area contributed by atoms with Crippen molar-refractivity contribution in [2.45, 2.75) is 18.9 Å². The van der Waals surface area contributed by atoms with Gasteiger partial charge in [-0.15, -0.1) is 0 Å². The number of benzene rings is 2. The maximum atomic E-state index is 14.1. The first-order valence-corrected chi connectivity index (χ1v) is 10.8. The first kappa shape index (κ1) is 22.5. The molecule has 4 rings (SSSR count). The van der Waals surface area contributed by atoms with Gasteiger partial charge in [-0.25, -0.2) is 4.39 Å². The molecule has 0 N–H and O–H groups in total. The second-order valence-corrected chi connectivity index (χ2v) is 8.15. The number of halogens is 1. The van der Waals surface area contributed by atoms with E-state index in [2.05, 4.69) is 4.98 Å². The number of aromatic nitrogens is 1. The zero-order chi connectivity index (χ0) is 23.4. The second kappa shape index (κ2) is 9.81. The molecule has 0 aliphatic carbocycles. The van der Waals surface area contributed by atoms with Crippen molar-refractivity contribution in [1.82, 2.24) is 14.8 Å². The minimum Gasteiger partial charge on any atom is -0.494 e. The van der Waals surface area contributed by atoms with Crippen molar-refractivity contribution in [1.29, 1.82) is 0 Å². The highest BCUT2D eigenvalue weighted by molar-refractivity contribution is 5.89. The predicted octanol–water partition coefficient (Wildman–Crippen LogP) is 3.35. The summed E-state index contributed by atoms with van der Waals surface area (Å²) in [6.07, 6.45) is 3.94. The van der Waals surface area contributed by atoms with Crippen LogP contribution >= 0.6 is 0 Å². The van der Waals surface area contributed by atoms with Gasteiger partial charge < -0.3 is 14.5 Å². The molecular weight excluding hydrogens is 421 g/mol. The Hall–Kier alpha value is -3.74. The molecule has 6 nitrogen and oxygen atoms in total. The molecule has 2 aromatic carbocycles. The van der Waals surface area contributed by atoms with Gasteiger partial charge in [0.2, 0.25) is 11.8 Å². The minimum absolute atomic E-state index is 0.0232. The lowest BCUT2D eigenvalue weighted by atomic mass is 9.98. The van der Waals surface area contributed by atoms with Gasteiger partial charge in [0.05, 0.1) is 13.5 Å². The average molecular weight is 448 g/mol. The van der Waals surface area contributed by atoms with Crippen LogP contribution < -0.4 is 4.74 Å². The number of hydrogen-bond acceptors (Lipinski definition) is 4. The Morgan fingerprint density at radius 3 is 2.36 bits per heavy atom. The molecule has 1 fully saturated rings. The van der Waals surface area contributed by atoms with Crippen molar-refractivity contribution in [2.24, 2.45) is 0 Å². The van der Waals surface area contributed by atoms with Crippen LogP contribution in [0, 0.1) is 5.82 Å². The molecule has 3 aromatic rings. The van der Waals surface area contributed by atoms with Crippen LogP contribution in [0.3, 0.4) is 0 Å². The molecule has 1 saturated heterocycles. The Morgan fingerprint density at radius 2 is 1.70 bits per heavy atom. The largest absolute Gasteiger partial charge is 0.494 e. The smallest absolute Gasteiger partial charge is 0.245 e. The Kier molecular flexibility index (Phi) is 6.68. The Morgan fingerprint density at radius 1 is 1.03 bits per heavy atom. The van der Waals surface area contributed by atoms with Gasteiger partial charge in [0.25, 0.3) is 0 Å². The number of ether oxygens (including phenoxy) is 1. The molecule has 2 heterocycles. The number of nitrogens with zero attached hydrogens (tertiary/aromatic N) is 3. The van der Waals surface area contributed by atoms with Crippen molar-refractivity contribution < 1.29 is 18.7 Å². The van der Waals surface area contributed by atoms with E-state index in [-0.39, 0.29) is 24.0 Å². The van der Waals surface area contributed by atoms with E-state index in [0.717, 1.165) is 16.7 Å². The summed E-state index contributed by atoms with van der Waals surface area (Å²) in [5, 5.41) is 0. The summed E-state index contributed by atoms with van der Waals surface area (Å²) in [7, 11) is 3.15. The van der Waals surface area contributed by atoms with Crippen LogP contribution in [0.2, 0.25) is 0 Å². The van der Waals surface area contributed by atoms with E-state index in [4.69, 9.17) is 4.74 Å². The number of pyridine rings is 1. The lowest BCUT2D eigenvalue weighted by Gasteiger charge is -2.39. The molecule has 2 amide bonds. The number of carbonyl (C=O) groups excluding carboxylic acids is 2. The number of amides is 2. The predicted molar refractivity (Wildman–Crippen MR) is 123 cm³/mol. The van der Waals surface area contributed by atoms with Crippen LogP contribution in [-0.4, -0.2) is 59.9 Å². The summed E-state index contributed by atoms with van der Waals surface area (Å²) >= 11 is 0. The molecule has 0 saturated carbocycles. The minimum atomic E-state index is -0.592. The third-order valence-corrected chi connectivity index (χ3v) is 6.00. The van der Waals surface area contributed by atoms with E-state index in [9.17, 15) is 14.0 Å². The highest BCUT2D eigenvalue weighted by atomic mass is 19.1. The van der Waals surface area contributed by atoms with Gasteiger partial charge in [0.15, 0.2) is 11.6 Å². The summed E-state index contributed by atoms with van der Waals surface area (Å²) in [6, 6.07) is 15.8. The van der Waals surface area contributed by atoms with Crippen LogP contribution in [0.15, 0.2) is 67.0 Å². The molecule has 0 radical (unpaired) electrons. The molecule has 0 bridgehead atoms. The highest BCUT2D eigenvalue weighted by Crippen LogP contribution is 2.23. The summed E-state index contributed by atoms with van der Waals surface area (Å²) in [6.45, 7) is 0.915. The number of carbonyl (C=O) groups is 2. The summed E-state index contributed by atoms with van der Waals surface area (Å²) in [5.41, 5.74) is 3.64. The average Bonchev–Trinajstić information content (AvgIpc) is 2.83. The molecule has 170 valence electrons. The molecule has 7 heteroatoms. The normalized spacial score (nSPS) is 16.1. The van der Waals surface area contributed by atoms with Gasteiger partial charge in [-0.3, -0.25) is 14.6 Å². The zero-order valence-corrected chi connectivity index (χ0v) is 18.7. The third kappa shape index (κ3) is 5.03. The number of piperazine rings is 1. The highest BCUT2D eigenvalue weighted by Gasteiger charge is 2.35. The number of hydrogen-bond donors (Lipinski definition) is 0. The van der Waals surface area contributed by atoms with Gasteiger partial charge in [-0.2, -0.15) is 0 Å². The fraction of sp³-hybridized carbons (Fsp3) is 0.269. The van der Waals surface area contributed by atoms with Crippen molar-refractivity contribution in [3.63, 3.8) is 0 Å². The molecule has 33 heavy (non-hydrogen) atoms. The van der Waals surface area contributed by atoms with E-state index in [1.54, 1.807) is 35.3 Å². The maximum absolute atomic E-state index is 14.1. The van der Waals surface area contributed by atoms with E-state index in [0.29, 0.717) is 25.1 Å². The van der Waals surface area contributed by atoms with Crippen molar-refractivity contribution in [3.05, 3.63) is 83.9 Å². The molecule has 1 unspecified atom stereocenters. The van der Waals surface area contributed by atoms with E-state index < -0.39 is 11.9 Å². The number of rotatable bonds is 6. The van der Waals surface area contributed by atoms with Crippen LogP contribution in [0.1, 0.15) is 11.1 Å². The fourth-order valence-electron chi connectivity index (χ4n) is 4.10. The first-order valence-electron chi connectivity index (χ1n) is 10.8. The molecule has 1 aliphatic rings. The van der Waals surface area contributed by atoms with Crippen LogP contribution in [0.4, 0.5) is 4.39 Å². The van der Waals surface area contributed by atoms with Gasteiger partial charge in [-0.1, -0.05) is 30.3 Å². The summed E-state index contributed by atoms with van der Waals surface area (Å²) < 4.78 is 19.0. The molecule has 1 atom stereocenters. The van der Waals surface area contributed by atoms with Crippen LogP contribution in [0.25, 0.3) is 11.1 Å². The standard InChI is InChI=1S/C26H26FN3O3/c1-29-13-14-30(25(31)17-19-5-8-24(33-2)22(27)15-19)23(26(29)32)16-18-3-6-20(7-4-18)21-9-11-28-12-10-21/h3-12,15,23H,13-14,16-17H2,1-2H3. The quantitative estimate of drug-likeness (QED) is 0.582. The van der Waals surface area contributed by atoms with Crippen LogP contribution in [-0.2, 0) is 22.4 Å². The SMILES string of the molecule is COc1ccc(CC(=O)N2CCN(C)C(=O)C2Cc2ccc(-c3ccncc3)cc2)cc1F. The van der Waals surface area contributed by atoms with E-state index in [1.807, 2.05) is 36.4 Å². The molecule has 0 spiro atoms. The first-order chi connectivity index (χ1) is 16.0. The number of methoxy groups -OCH3 is 1. The second-order valence-electron chi connectivity index (χ2n) is 8.15. The molecule has 1 aliphatic heterocycles. The van der Waals surface area contributed by atoms with E-state index >= 15 is 0 Å². The van der Waals surface area contributed by atoms with Crippen molar-refractivity contribution in [2.75, 3.05) is 27.2 Å². The van der Waals surface area contributed by atoms with Gasteiger partial charge >= 0.3 is 0 Å². The number of likely N-dealkylation sites (N-methyl/N-ethyl adjacent to an activating group) is 1. The van der Waals surface area contributed by atoms with Crippen molar-refractivity contribution in [3.8, 4) is 16.9 Å². The molecule has 1 aromatic heterocycles. The van der Waals surface area contributed by atoms with Gasteiger partial charge in [0.1, 0.15) is 6.04 Å². The lowest BCUT2D eigenvalue weighted by Crippen LogP contribution is -2.58. The topological polar surface area (TPSA) is 62.7 Å². The van der Waals surface area contributed by atoms with Crippen molar-refractivity contribution >= 4 is 11.8 Å². The monoisotopic (exact) mass is 447 g/mol. The fourth-order valence-corrected chi connectivity index (χ4v) is 4.10. The molecular formula is C26H26FN3O3. The lowest BCUT2D eigenvalue weighted by molar-refractivity contribution is -0.149.